The molecule has 68 valence electrons. The minimum Gasteiger partial charge on any atom is -0.258 e. The van der Waals surface area contributed by atoms with Crippen molar-refractivity contribution in [1.82, 2.24) is 0 Å². The molecule has 0 amide bonds. The summed E-state index contributed by atoms with van der Waals surface area (Å²) in [6.07, 6.45) is 8.83. The largest absolute Gasteiger partial charge is 0.281 e. The van der Waals surface area contributed by atoms with Gasteiger partial charge in [-0.1, -0.05) is 0 Å². The zero-order valence-corrected chi connectivity index (χ0v) is 7.25. The van der Waals surface area contributed by atoms with E-state index in [0.717, 1.165) is 5.70 Å². The van der Waals surface area contributed by atoms with Crippen molar-refractivity contribution in [3.8, 4) is 0 Å². The molecule has 0 bridgehead atoms. The Morgan fingerprint density at radius 3 is 2.57 bits per heavy atom. The molecule has 1 aliphatic rings. The molecule has 0 unspecified atom stereocenters. The molecule has 0 fully saturated rings. The first kappa shape index (κ1) is 8.41. The van der Waals surface area contributed by atoms with Gasteiger partial charge in [-0.15, -0.1) is 0 Å². The monoisotopic (exact) mass is 187 g/mol. The molecule has 0 saturated heterocycles. The first-order valence-corrected chi connectivity index (χ1v) is 4.07. The molecule has 4 nitrogen and oxygen atoms in total. The molecular formula is C10H7N2O2+. The molecule has 0 atom stereocenters. The summed E-state index contributed by atoms with van der Waals surface area (Å²) in [5.74, 6) is 0. The highest BCUT2D eigenvalue weighted by Gasteiger charge is 2.11. The van der Waals surface area contributed by atoms with Crippen LogP contribution >= 0.6 is 0 Å². The van der Waals surface area contributed by atoms with Gasteiger partial charge in [-0.3, -0.25) is 10.1 Å². The lowest BCUT2D eigenvalue weighted by atomic mass is 10.4. The maximum absolute atomic E-state index is 10.4. The third-order valence-electron chi connectivity index (χ3n) is 1.88. The molecular weight excluding hydrogens is 180 g/mol. The fraction of sp³-hybridized carbons (Fsp3) is 0. The number of nitro groups is 1. The SMILES string of the molecule is O=[N+]([O-])c1cc[n+](C2=C=CC=C2)cc1. The molecule has 0 spiro atoms. The average molecular weight is 187 g/mol. The van der Waals surface area contributed by atoms with Gasteiger partial charge in [0.05, 0.1) is 17.1 Å². The van der Waals surface area contributed by atoms with E-state index in [0.29, 0.717) is 0 Å². The summed E-state index contributed by atoms with van der Waals surface area (Å²) in [6, 6.07) is 2.92. The van der Waals surface area contributed by atoms with Gasteiger partial charge in [0.15, 0.2) is 12.4 Å². The van der Waals surface area contributed by atoms with Crippen LogP contribution in [0.3, 0.4) is 0 Å². The first-order valence-electron chi connectivity index (χ1n) is 4.07. The summed E-state index contributed by atoms with van der Waals surface area (Å²) < 4.78 is 1.77. The number of pyridine rings is 1. The lowest BCUT2D eigenvalue weighted by Gasteiger charge is -1.91. The Morgan fingerprint density at radius 1 is 1.36 bits per heavy atom. The van der Waals surface area contributed by atoms with Crippen molar-refractivity contribution in [3.63, 3.8) is 0 Å². The molecule has 1 aliphatic carbocycles. The summed E-state index contributed by atoms with van der Waals surface area (Å²) in [6.45, 7) is 0. The Balaban J connectivity index is 2.35. The molecule has 0 radical (unpaired) electrons. The van der Waals surface area contributed by atoms with Crippen LogP contribution in [0.2, 0.25) is 0 Å². The molecule has 1 aromatic rings. The van der Waals surface area contributed by atoms with Crippen LogP contribution in [0.1, 0.15) is 0 Å². The maximum atomic E-state index is 10.4. The summed E-state index contributed by atoms with van der Waals surface area (Å²) in [5.41, 5.74) is 3.96. The van der Waals surface area contributed by atoms with E-state index in [1.165, 1.54) is 12.1 Å². The van der Waals surface area contributed by atoms with E-state index in [2.05, 4.69) is 5.73 Å². The van der Waals surface area contributed by atoms with Crippen LogP contribution in [0.4, 0.5) is 5.69 Å². The Hall–Kier alpha value is -2.19. The Kier molecular flexibility index (Phi) is 1.97. The number of rotatable bonds is 2. The maximum Gasteiger partial charge on any atom is 0.281 e. The van der Waals surface area contributed by atoms with Crippen LogP contribution in [0.25, 0.3) is 5.70 Å². The summed E-state index contributed by atoms with van der Waals surface area (Å²) in [7, 11) is 0. The Labute approximate surface area is 80.3 Å². The Morgan fingerprint density at radius 2 is 2.07 bits per heavy atom. The van der Waals surface area contributed by atoms with E-state index < -0.39 is 4.92 Å². The molecule has 2 rings (SSSR count). The normalized spacial score (nSPS) is 13.0. The van der Waals surface area contributed by atoms with Crippen molar-refractivity contribution in [2.24, 2.45) is 0 Å². The molecule has 0 aromatic carbocycles. The lowest BCUT2D eigenvalue weighted by Crippen LogP contribution is -2.29. The molecule has 0 saturated carbocycles. The number of allylic oxidation sites excluding steroid dienone is 3. The van der Waals surface area contributed by atoms with Gasteiger partial charge in [0, 0.05) is 6.08 Å². The van der Waals surface area contributed by atoms with Gasteiger partial charge < -0.3 is 0 Å². The highest BCUT2D eigenvalue weighted by Crippen LogP contribution is 2.07. The Bertz CT molecular complexity index is 465. The minimum absolute atomic E-state index is 0.0906. The smallest absolute Gasteiger partial charge is 0.258 e. The van der Waals surface area contributed by atoms with Gasteiger partial charge in [-0.25, -0.2) is 0 Å². The lowest BCUT2D eigenvalue weighted by molar-refractivity contribution is -0.579. The zero-order chi connectivity index (χ0) is 9.97. The molecule has 14 heavy (non-hydrogen) atoms. The quantitative estimate of drug-likeness (QED) is 0.304. The number of hydrogen-bond donors (Lipinski definition) is 0. The standard InChI is InChI=1S/C10H7N2O2/c13-12(14)10-5-7-11(8-6-10)9-3-1-2-4-9/h1-3,5-8H/q+1. The number of hydrogen-bond acceptors (Lipinski definition) is 2. The van der Waals surface area contributed by atoms with E-state index in [4.69, 9.17) is 0 Å². The van der Waals surface area contributed by atoms with Crippen LogP contribution in [0, 0.1) is 10.1 Å². The van der Waals surface area contributed by atoms with Crippen molar-refractivity contribution >= 4 is 11.4 Å². The van der Waals surface area contributed by atoms with Crippen LogP contribution in [-0.2, 0) is 0 Å². The number of aromatic nitrogens is 1. The van der Waals surface area contributed by atoms with E-state index in [9.17, 15) is 10.1 Å². The second-order valence-corrected chi connectivity index (χ2v) is 2.78. The topological polar surface area (TPSA) is 47.0 Å². The van der Waals surface area contributed by atoms with Crippen molar-refractivity contribution < 1.29 is 9.49 Å². The third-order valence-corrected chi connectivity index (χ3v) is 1.88. The van der Waals surface area contributed by atoms with Gasteiger partial charge >= 0.3 is 0 Å². The minimum atomic E-state index is -0.418. The van der Waals surface area contributed by atoms with Gasteiger partial charge in [0.1, 0.15) is 0 Å². The predicted octanol–water partition coefficient (Wildman–Crippen LogP) is 1.45. The van der Waals surface area contributed by atoms with Crippen LogP contribution in [0.5, 0.6) is 0 Å². The summed E-state index contributed by atoms with van der Waals surface area (Å²) in [5, 5.41) is 10.4. The van der Waals surface area contributed by atoms with Crippen molar-refractivity contribution in [2.75, 3.05) is 0 Å². The number of nitrogens with zero attached hydrogens (tertiary/aromatic N) is 2. The molecule has 0 N–H and O–H groups in total. The predicted molar refractivity (Wildman–Crippen MR) is 50.2 cm³/mol. The fourth-order valence-electron chi connectivity index (χ4n) is 1.18. The highest BCUT2D eigenvalue weighted by molar-refractivity contribution is 5.52. The van der Waals surface area contributed by atoms with Crippen molar-refractivity contribution in [1.29, 1.82) is 0 Å². The highest BCUT2D eigenvalue weighted by atomic mass is 16.6. The molecule has 4 heteroatoms. The van der Waals surface area contributed by atoms with Crippen LogP contribution < -0.4 is 4.57 Å². The first-order chi connectivity index (χ1) is 6.77. The molecule has 1 aromatic heterocycles. The van der Waals surface area contributed by atoms with Gasteiger partial charge in [-0.2, -0.15) is 4.57 Å². The second-order valence-electron chi connectivity index (χ2n) is 2.78. The summed E-state index contributed by atoms with van der Waals surface area (Å²) >= 11 is 0. The van der Waals surface area contributed by atoms with Crippen molar-refractivity contribution in [2.45, 2.75) is 0 Å². The van der Waals surface area contributed by atoms with Gasteiger partial charge in [-0.05, 0) is 17.9 Å². The van der Waals surface area contributed by atoms with Crippen molar-refractivity contribution in [3.05, 3.63) is 58.6 Å². The third kappa shape index (κ3) is 1.46. The van der Waals surface area contributed by atoms with Gasteiger partial charge in [0.25, 0.3) is 11.4 Å². The molecule has 0 aliphatic heterocycles. The van der Waals surface area contributed by atoms with E-state index >= 15 is 0 Å². The van der Waals surface area contributed by atoms with Gasteiger partial charge in [0.2, 0.25) is 0 Å². The van der Waals surface area contributed by atoms with E-state index in [1.54, 1.807) is 23.0 Å². The van der Waals surface area contributed by atoms with E-state index in [1.807, 2.05) is 12.2 Å². The summed E-state index contributed by atoms with van der Waals surface area (Å²) in [4.78, 5) is 9.97. The van der Waals surface area contributed by atoms with E-state index in [-0.39, 0.29) is 5.69 Å². The zero-order valence-electron chi connectivity index (χ0n) is 7.25. The van der Waals surface area contributed by atoms with Crippen LogP contribution in [-0.4, -0.2) is 4.92 Å². The average Bonchev–Trinajstić information content (AvgIpc) is 2.71. The van der Waals surface area contributed by atoms with Crippen LogP contribution in [0.15, 0.2) is 48.5 Å². The molecule has 1 heterocycles. The fourth-order valence-corrected chi connectivity index (χ4v) is 1.18. The second kappa shape index (κ2) is 3.28.